The molecule has 0 bridgehead atoms. The molecule has 0 amide bonds. The molecular weight excluding hydrogens is 324 g/mol. The van der Waals surface area contributed by atoms with E-state index in [1.165, 1.54) is 51.0 Å². The Labute approximate surface area is 163 Å². The lowest BCUT2D eigenvalue weighted by molar-refractivity contribution is 0.551. The van der Waals surface area contributed by atoms with Crippen LogP contribution in [-0.2, 0) is 0 Å². The van der Waals surface area contributed by atoms with Gasteiger partial charge in [-0.1, -0.05) is 95.1 Å². The minimum Gasteiger partial charge on any atom is -0.0655 e. The molecule has 2 unspecified atom stereocenters. The Morgan fingerprint density at radius 2 is 0.926 bits per heavy atom. The second-order valence-electron chi connectivity index (χ2n) is 8.04. The Bertz CT molecular complexity index is 884. The van der Waals surface area contributed by atoms with Crippen molar-refractivity contribution in [2.24, 2.45) is 11.8 Å². The first-order chi connectivity index (χ1) is 13.1. The maximum Gasteiger partial charge on any atom is 0.00227 e. The fraction of sp³-hybridized carbons (Fsp3) is 0.259. The summed E-state index contributed by atoms with van der Waals surface area (Å²) < 4.78 is 0. The van der Waals surface area contributed by atoms with Crippen LogP contribution in [0.25, 0.3) is 11.1 Å². The lowest BCUT2D eigenvalue weighted by Crippen LogP contribution is -2.10. The van der Waals surface area contributed by atoms with E-state index in [-0.39, 0.29) is 0 Å². The summed E-state index contributed by atoms with van der Waals surface area (Å²) in [5.74, 6) is 1.08. The SMILES string of the molecule is CC1=CC(c2ccccc2)=C(C)C1CC1C(C)=CC(c2ccccc2)=C1C. The van der Waals surface area contributed by atoms with E-state index < -0.39 is 0 Å². The van der Waals surface area contributed by atoms with Crippen LogP contribution in [0.1, 0.15) is 45.2 Å². The highest BCUT2D eigenvalue weighted by atomic mass is 14.3. The first kappa shape index (κ1) is 17.8. The Balaban J connectivity index is 1.63. The topological polar surface area (TPSA) is 0 Å². The van der Waals surface area contributed by atoms with Gasteiger partial charge in [0.15, 0.2) is 0 Å². The molecule has 2 aliphatic rings. The summed E-state index contributed by atoms with van der Waals surface area (Å²) in [6.07, 6.45) is 5.98. The maximum absolute atomic E-state index is 2.40. The lowest BCUT2D eigenvalue weighted by atomic mass is 9.81. The number of hydrogen-bond acceptors (Lipinski definition) is 0. The summed E-state index contributed by atoms with van der Waals surface area (Å²) in [6, 6.07) is 21.6. The number of allylic oxidation sites excluding steroid dienone is 8. The zero-order valence-electron chi connectivity index (χ0n) is 16.8. The van der Waals surface area contributed by atoms with Gasteiger partial charge >= 0.3 is 0 Å². The van der Waals surface area contributed by atoms with Crippen LogP contribution in [-0.4, -0.2) is 0 Å². The average Bonchev–Trinajstić information content (AvgIpc) is 3.14. The van der Waals surface area contributed by atoms with Crippen molar-refractivity contribution in [2.75, 3.05) is 0 Å². The van der Waals surface area contributed by atoms with E-state index in [1.54, 1.807) is 0 Å². The van der Waals surface area contributed by atoms with Gasteiger partial charge in [0, 0.05) is 11.8 Å². The Morgan fingerprint density at radius 1 is 0.556 bits per heavy atom. The number of hydrogen-bond donors (Lipinski definition) is 0. The van der Waals surface area contributed by atoms with Crippen molar-refractivity contribution < 1.29 is 0 Å². The number of rotatable bonds is 4. The van der Waals surface area contributed by atoms with Crippen molar-refractivity contribution >= 4 is 11.1 Å². The van der Waals surface area contributed by atoms with E-state index in [4.69, 9.17) is 0 Å². The third-order valence-corrected chi connectivity index (χ3v) is 6.38. The molecule has 27 heavy (non-hydrogen) atoms. The van der Waals surface area contributed by atoms with Crippen molar-refractivity contribution in [1.82, 2.24) is 0 Å². The fourth-order valence-corrected chi connectivity index (χ4v) is 4.76. The standard InChI is InChI=1S/C27H28/c1-18-15-26(22-11-7-5-8-12-22)20(3)24(18)17-25-19(2)16-27(21(25)4)23-13-9-6-10-14-23/h5-16,24-25H,17H2,1-4H3. The molecule has 0 radical (unpaired) electrons. The van der Waals surface area contributed by atoms with E-state index in [0.29, 0.717) is 11.8 Å². The summed E-state index contributed by atoms with van der Waals surface area (Å²) in [6.45, 7) is 9.25. The third-order valence-electron chi connectivity index (χ3n) is 6.38. The summed E-state index contributed by atoms with van der Waals surface area (Å²) in [5, 5.41) is 0. The van der Waals surface area contributed by atoms with E-state index in [0.717, 1.165) is 0 Å². The molecule has 0 saturated heterocycles. The van der Waals surface area contributed by atoms with Gasteiger partial charge in [0.2, 0.25) is 0 Å². The van der Waals surface area contributed by atoms with Gasteiger partial charge in [-0.2, -0.15) is 0 Å². The first-order valence-corrected chi connectivity index (χ1v) is 9.95. The van der Waals surface area contributed by atoms with E-state index in [1.807, 2.05) is 0 Å². The summed E-state index contributed by atoms with van der Waals surface area (Å²) in [4.78, 5) is 0. The van der Waals surface area contributed by atoms with Crippen LogP contribution < -0.4 is 0 Å². The molecule has 2 atom stereocenters. The Hall–Kier alpha value is -2.60. The Kier molecular flexibility index (Phi) is 4.74. The zero-order valence-corrected chi connectivity index (χ0v) is 16.8. The largest absolute Gasteiger partial charge is 0.0655 e. The summed E-state index contributed by atoms with van der Waals surface area (Å²) >= 11 is 0. The molecule has 136 valence electrons. The van der Waals surface area contributed by atoms with Crippen LogP contribution in [0.5, 0.6) is 0 Å². The van der Waals surface area contributed by atoms with Crippen LogP contribution in [0.2, 0.25) is 0 Å². The minimum absolute atomic E-state index is 0.540. The van der Waals surface area contributed by atoms with Crippen molar-refractivity contribution in [1.29, 1.82) is 0 Å². The first-order valence-electron chi connectivity index (χ1n) is 9.95. The Morgan fingerprint density at radius 3 is 1.30 bits per heavy atom. The van der Waals surface area contributed by atoms with Crippen molar-refractivity contribution in [3.05, 3.63) is 106 Å². The smallest absolute Gasteiger partial charge is 0.00227 e. The lowest BCUT2D eigenvalue weighted by Gasteiger charge is -2.23. The molecular formula is C27H28. The van der Waals surface area contributed by atoms with E-state index in [2.05, 4.69) is 101 Å². The highest BCUT2D eigenvalue weighted by Gasteiger charge is 2.30. The summed E-state index contributed by atoms with van der Waals surface area (Å²) in [7, 11) is 0. The van der Waals surface area contributed by atoms with Crippen molar-refractivity contribution in [3.8, 4) is 0 Å². The third kappa shape index (κ3) is 3.25. The van der Waals surface area contributed by atoms with E-state index in [9.17, 15) is 0 Å². The molecule has 2 aromatic carbocycles. The van der Waals surface area contributed by atoms with Gasteiger partial charge < -0.3 is 0 Å². The van der Waals surface area contributed by atoms with Gasteiger partial charge in [0.1, 0.15) is 0 Å². The molecule has 0 saturated carbocycles. The fourth-order valence-electron chi connectivity index (χ4n) is 4.76. The highest BCUT2D eigenvalue weighted by molar-refractivity contribution is 5.82. The molecule has 4 rings (SSSR count). The van der Waals surface area contributed by atoms with Crippen molar-refractivity contribution in [3.63, 3.8) is 0 Å². The van der Waals surface area contributed by atoms with Crippen LogP contribution in [0.15, 0.2) is 95.1 Å². The zero-order chi connectivity index (χ0) is 19.0. The number of benzene rings is 2. The van der Waals surface area contributed by atoms with E-state index >= 15 is 0 Å². The molecule has 0 fully saturated rings. The molecule has 2 aliphatic carbocycles. The molecule has 0 heterocycles. The predicted molar refractivity (Wildman–Crippen MR) is 117 cm³/mol. The molecule has 2 aromatic rings. The maximum atomic E-state index is 2.40. The van der Waals surface area contributed by atoms with Gasteiger partial charge in [0.25, 0.3) is 0 Å². The predicted octanol–water partition coefficient (Wildman–Crippen LogP) is 7.48. The molecule has 0 heteroatoms. The second-order valence-corrected chi connectivity index (χ2v) is 8.04. The highest BCUT2D eigenvalue weighted by Crippen LogP contribution is 2.46. The van der Waals surface area contributed by atoms with Gasteiger partial charge in [-0.05, 0) is 56.4 Å². The quantitative estimate of drug-likeness (QED) is 0.535. The molecule has 0 aliphatic heterocycles. The second kappa shape index (κ2) is 7.19. The van der Waals surface area contributed by atoms with Crippen LogP contribution in [0.3, 0.4) is 0 Å². The normalized spacial score (nSPS) is 22.4. The van der Waals surface area contributed by atoms with Crippen LogP contribution in [0.4, 0.5) is 0 Å². The monoisotopic (exact) mass is 352 g/mol. The van der Waals surface area contributed by atoms with Gasteiger partial charge in [-0.3, -0.25) is 0 Å². The van der Waals surface area contributed by atoms with Crippen molar-refractivity contribution in [2.45, 2.75) is 34.1 Å². The molecule has 0 N–H and O–H groups in total. The van der Waals surface area contributed by atoms with Crippen LogP contribution >= 0.6 is 0 Å². The minimum atomic E-state index is 0.540. The average molecular weight is 353 g/mol. The molecule has 0 spiro atoms. The van der Waals surface area contributed by atoms with Gasteiger partial charge in [0.05, 0.1) is 0 Å². The summed E-state index contributed by atoms with van der Waals surface area (Å²) in [5.41, 5.74) is 11.6. The molecule has 0 nitrogen and oxygen atoms in total. The molecule has 0 aromatic heterocycles. The van der Waals surface area contributed by atoms with Gasteiger partial charge in [-0.25, -0.2) is 0 Å². The van der Waals surface area contributed by atoms with Crippen LogP contribution in [0, 0.1) is 11.8 Å². The van der Waals surface area contributed by atoms with Gasteiger partial charge in [-0.15, -0.1) is 0 Å².